The molecule has 6 nitrogen and oxygen atoms in total. The molecular formula is C17H19N3O3S. The molecule has 0 saturated heterocycles. The van der Waals surface area contributed by atoms with E-state index in [2.05, 4.69) is 15.0 Å². The first-order chi connectivity index (χ1) is 11.4. The second-order valence-corrected chi connectivity index (χ2v) is 7.44. The minimum atomic E-state index is -3.41. The third kappa shape index (κ3) is 3.27. The summed E-state index contributed by atoms with van der Waals surface area (Å²) in [5.41, 5.74) is 3.46. The molecule has 0 saturated carbocycles. The number of benzene rings is 2. The van der Waals surface area contributed by atoms with Crippen molar-refractivity contribution in [2.24, 2.45) is 0 Å². The molecule has 0 unspecified atom stereocenters. The van der Waals surface area contributed by atoms with Crippen LogP contribution < -0.4 is 10.0 Å². The number of anilines is 1. The molecule has 0 fully saturated rings. The number of nitrogens with zero attached hydrogens (tertiary/aromatic N) is 1. The summed E-state index contributed by atoms with van der Waals surface area (Å²) in [4.78, 5) is 4.52. The molecule has 0 aliphatic heterocycles. The zero-order chi connectivity index (χ0) is 17.3. The Morgan fingerprint density at radius 1 is 1.12 bits per heavy atom. The van der Waals surface area contributed by atoms with Crippen LogP contribution in [-0.2, 0) is 10.0 Å². The van der Waals surface area contributed by atoms with Gasteiger partial charge >= 0.3 is 0 Å². The number of oxazole rings is 1. The van der Waals surface area contributed by atoms with Gasteiger partial charge in [-0.25, -0.2) is 18.1 Å². The molecule has 1 heterocycles. The Morgan fingerprint density at radius 3 is 2.50 bits per heavy atom. The lowest BCUT2D eigenvalue weighted by Gasteiger charge is -2.16. The second kappa shape index (κ2) is 6.26. The number of hydrogen-bond donors (Lipinski definition) is 2. The van der Waals surface area contributed by atoms with E-state index < -0.39 is 10.0 Å². The molecule has 3 aromatic rings. The highest BCUT2D eigenvalue weighted by molar-refractivity contribution is 7.89. The fraction of sp³-hybridized carbons (Fsp3) is 0.235. The maximum absolute atomic E-state index is 11.8. The van der Waals surface area contributed by atoms with Crippen LogP contribution in [0.4, 0.5) is 5.69 Å². The molecule has 3 rings (SSSR count). The third-order valence-electron chi connectivity index (χ3n) is 3.84. The molecule has 1 atom stereocenters. The van der Waals surface area contributed by atoms with Crippen LogP contribution >= 0.6 is 0 Å². The summed E-state index contributed by atoms with van der Waals surface area (Å²) in [7, 11) is -2.01. The summed E-state index contributed by atoms with van der Waals surface area (Å²) in [5.74, 6) is 0.636. The fourth-order valence-corrected chi connectivity index (χ4v) is 3.25. The Hall–Kier alpha value is -2.38. The quantitative estimate of drug-likeness (QED) is 0.742. The van der Waals surface area contributed by atoms with Gasteiger partial charge in [-0.2, -0.15) is 0 Å². The lowest BCUT2D eigenvalue weighted by molar-refractivity contribution is 0.561. The summed E-state index contributed by atoms with van der Waals surface area (Å²) in [6.07, 6.45) is 0. The lowest BCUT2D eigenvalue weighted by atomic mass is 10.1. The number of rotatable bonds is 5. The van der Waals surface area contributed by atoms with Crippen molar-refractivity contribution in [2.75, 3.05) is 12.4 Å². The van der Waals surface area contributed by atoms with Crippen LogP contribution in [0, 0.1) is 6.92 Å². The predicted octanol–water partition coefficient (Wildman–Crippen LogP) is 3.22. The SMILES string of the molecule is CNS(=O)(=O)c1ccc([C@@H](C)Nc2ccc3nc(C)oc3c2)cc1. The molecule has 1 aromatic heterocycles. The van der Waals surface area contributed by atoms with Gasteiger partial charge in [-0.05, 0) is 43.8 Å². The molecule has 0 radical (unpaired) electrons. The molecule has 7 heteroatoms. The lowest BCUT2D eigenvalue weighted by Crippen LogP contribution is -2.18. The van der Waals surface area contributed by atoms with Gasteiger partial charge in [0.25, 0.3) is 0 Å². The summed E-state index contributed by atoms with van der Waals surface area (Å²) < 4.78 is 31.4. The van der Waals surface area contributed by atoms with Crippen LogP contribution in [0.3, 0.4) is 0 Å². The normalized spacial score (nSPS) is 13.1. The van der Waals surface area contributed by atoms with Gasteiger partial charge in [-0.1, -0.05) is 12.1 Å². The van der Waals surface area contributed by atoms with Gasteiger partial charge < -0.3 is 9.73 Å². The van der Waals surface area contributed by atoms with E-state index in [9.17, 15) is 8.42 Å². The van der Waals surface area contributed by atoms with Crippen molar-refractivity contribution in [3.8, 4) is 0 Å². The van der Waals surface area contributed by atoms with Gasteiger partial charge in [0.1, 0.15) is 5.52 Å². The van der Waals surface area contributed by atoms with Crippen molar-refractivity contribution in [2.45, 2.75) is 24.8 Å². The van der Waals surface area contributed by atoms with Crippen molar-refractivity contribution in [1.29, 1.82) is 0 Å². The number of hydrogen-bond acceptors (Lipinski definition) is 5. The van der Waals surface area contributed by atoms with E-state index in [0.717, 1.165) is 22.4 Å². The van der Waals surface area contributed by atoms with Crippen molar-refractivity contribution >= 4 is 26.8 Å². The van der Waals surface area contributed by atoms with Gasteiger partial charge in [0, 0.05) is 24.7 Å². The molecule has 0 amide bonds. The largest absolute Gasteiger partial charge is 0.441 e. The Kier molecular flexibility index (Phi) is 4.29. The third-order valence-corrected chi connectivity index (χ3v) is 5.27. The number of fused-ring (bicyclic) bond motifs is 1. The maximum Gasteiger partial charge on any atom is 0.240 e. The first-order valence-corrected chi connectivity index (χ1v) is 9.04. The Bertz CT molecular complexity index is 962. The van der Waals surface area contributed by atoms with Gasteiger partial charge in [0.2, 0.25) is 10.0 Å². The van der Waals surface area contributed by atoms with E-state index in [1.165, 1.54) is 7.05 Å². The first-order valence-electron chi connectivity index (χ1n) is 7.56. The van der Waals surface area contributed by atoms with Crippen molar-refractivity contribution in [3.63, 3.8) is 0 Å². The van der Waals surface area contributed by atoms with Crippen molar-refractivity contribution < 1.29 is 12.8 Å². The highest BCUT2D eigenvalue weighted by atomic mass is 32.2. The van der Waals surface area contributed by atoms with Gasteiger partial charge in [0.15, 0.2) is 11.5 Å². The van der Waals surface area contributed by atoms with Crippen LogP contribution in [0.25, 0.3) is 11.1 Å². The standard InChI is InChI=1S/C17H19N3O3S/c1-11(13-4-7-15(8-5-13)24(21,22)18-3)19-14-6-9-16-17(10-14)23-12(2)20-16/h4-11,18-19H,1-3H3/t11-/m1/s1. The predicted molar refractivity (Wildman–Crippen MR) is 93.5 cm³/mol. The van der Waals surface area contributed by atoms with Gasteiger partial charge in [-0.3, -0.25) is 0 Å². The monoisotopic (exact) mass is 345 g/mol. The van der Waals surface area contributed by atoms with Crippen molar-refractivity contribution in [1.82, 2.24) is 9.71 Å². The Morgan fingerprint density at radius 2 is 1.83 bits per heavy atom. The molecule has 126 valence electrons. The minimum Gasteiger partial charge on any atom is -0.441 e. The van der Waals surface area contributed by atoms with Gasteiger partial charge in [0.05, 0.1) is 4.90 Å². The number of nitrogens with one attached hydrogen (secondary N) is 2. The summed E-state index contributed by atoms with van der Waals surface area (Å²) in [6.45, 7) is 3.83. The summed E-state index contributed by atoms with van der Waals surface area (Å²) in [5, 5.41) is 3.38. The second-order valence-electron chi connectivity index (χ2n) is 5.56. The van der Waals surface area contributed by atoms with E-state index in [-0.39, 0.29) is 10.9 Å². The maximum atomic E-state index is 11.8. The zero-order valence-corrected chi connectivity index (χ0v) is 14.5. The Balaban J connectivity index is 1.79. The zero-order valence-electron chi connectivity index (χ0n) is 13.7. The molecule has 0 spiro atoms. The number of aromatic nitrogens is 1. The number of aryl methyl sites for hydroxylation is 1. The van der Waals surface area contributed by atoms with Crippen LogP contribution in [0.1, 0.15) is 24.4 Å². The van der Waals surface area contributed by atoms with Crippen LogP contribution in [0.2, 0.25) is 0 Å². The molecule has 2 N–H and O–H groups in total. The van der Waals surface area contributed by atoms with E-state index >= 15 is 0 Å². The molecule has 0 aliphatic rings. The average Bonchev–Trinajstić information content (AvgIpc) is 2.94. The minimum absolute atomic E-state index is 0.0119. The van der Waals surface area contributed by atoms with Crippen molar-refractivity contribution in [3.05, 3.63) is 53.9 Å². The van der Waals surface area contributed by atoms with Crippen LogP contribution in [0.15, 0.2) is 51.8 Å². The van der Waals surface area contributed by atoms with E-state index in [1.807, 2.05) is 32.0 Å². The molecule has 24 heavy (non-hydrogen) atoms. The number of sulfonamides is 1. The molecule has 2 aromatic carbocycles. The van der Waals surface area contributed by atoms with E-state index in [0.29, 0.717) is 5.89 Å². The highest BCUT2D eigenvalue weighted by Gasteiger charge is 2.12. The van der Waals surface area contributed by atoms with E-state index in [1.54, 1.807) is 24.3 Å². The fourth-order valence-electron chi connectivity index (χ4n) is 2.52. The topological polar surface area (TPSA) is 84.2 Å². The molecular weight excluding hydrogens is 326 g/mol. The Labute approximate surface area is 141 Å². The average molecular weight is 345 g/mol. The summed E-state index contributed by atoms with van der Waals surface area (Å²) in [6, 6.07) is 12.6. The van der Waals surface area contributed by atoms with E-state index in [4.69, 9.17) is 4.42 Å². The van der Waals surface area contributed by atoms with Crippen LogP contribution in [-0.4, -0.2) is 20.4 Å². The summed E-state index contributed by atoms with van der Waals surface area (Å²) >= 11 is 0. The molecule has 0 aliphatic carbocycles. The first kappa shape index (κ1) is 16.5. The smallest absolute Gasteiger partial charge is 0.240 e. The highest BCUT2D eigenvalue weighted by Crippen LogP contribution is 2.24. The molecule has 0 bridgehead atoms. The van der Waals surface area contributed by atoms with Crippen LogP contribution in [0.5, 0.6) is 0 Å². The van der Waals surface area contributed by atoms with Gasteiger partial charge in [-0.15, -0.1) is 0 Å².